The minimum atomic E-state index is 0. The maximum Gasteiger partial charge on any atom is 0.131 e. The van der Waals surface area contributed by atoms with Crippen LogP contribution in [0.5, 0.6) is 5.75 Å². The first kappa shape index (κ1) is 12.4. The molecule has 0 bridgehead atoms. The molecule has 92 valence electrons. The van der Waals surface area contributed by atoms with Gasteiger partial charge in [-0.15, -0.1) is 0 Å². The van der Waals surface area contributed by atoms with Crippen molar-refractivity contribution < 1.29 is 5.11 Å². The van der Waals surface area contributed by atoms with Crippen molar-refractivity contribution in [2.24, 2.45) is 0 Å². The number of aryl methyl sites for hydroxylation is 1. The third-order valence-electron chi connectivity index (χ3n) is 3.31. The number of hydrogen-bond acceptors (Lipinski definition) is 1. The second kappa shape index (κ2) is 4.69. The normalized spacial score (nSPS) is 10.5. The molecule has 0 aliphatic heterocycles. The number of benzene rings is 3. The highest BCUT2D eigenvalue weighted by Crippen LogP contribution is 2.34. The maximum atomic E-state index is 10.3. The lowest BCUT2D eigenvalue weighted by Gasteiger charge is -2.07. The molecule has 0 saturated heterocycles. The summed E-state index contributed by atoms with van der Waals surface area (Å²) in [5.41, 5.74) is 1.25. The van der Waals surface area contributed by atoms with Crippen molar-refractivity contribution in [3.05, 3.63) is 54.1 Å². The van der Waals surface area contributed by atoms with Gasteiger partial charge in [0.25, 0.3) is 0 Å². The van der Waals surface area contributed by atoms with Gasteiger partial charge in [0, 0.05) is 10.8 Å². The number of hydrogen-bond donors (Lipinski definition) is 1. The van der Waals surface area contributed by atoms with Crippen LogP contribution in [-0.2, 0) is 6.42 Å². The van der Waals surface area contributed by atoms with Gasteiger partial charge in [-0.3, -0.25) is 0 Å². The first-order valence-electron chi connectivity index (χ1n) is 5.93. The summed E-state index contributed by atoms with van der Waals surface area (Å²) in [7, 11) is 0. The van der Waals surface area contributed by atoms with Crippen LogP contribution in [0.4, 0.5) is 0 Å². The number of aromatic hydroxyl groups is 1. The van der Waals surface area contributed by atoms with Crippen LogP contribution in [0.3, 0.4) is 0 Å². The van der Waals surface area contributed by atoms with Gasteiger partial charge >= 0.3 is 0 Å². The fourth-order valence-corrected chi connectivity index (χ4v) is 2.31. The molecule has 0 aliphatic carbocycles. The van der Waals surface area contributed by atoms with Crippen LogP contribution in [0.25, 0.3) is 21.5 Å². The number of fused-ring (bicyclic) bond motifs is 2. The van der Waals surface area contributed by atoms with E-state index in [1.54, 1.807) is 0 Å². The third kappa shape index (κ3) is 1.82. The van der Waals surface area contributed by atoms with Crippen molar-refractivity contribution in [2.75, 3.05) is 0 Å². The smallest absolute Gasteiger partial charge is 0.131 e. The number of rotatable bonds is 1. The molecule has 1 nitrogen and oxygen atoms in total. The standard InChI is InChI=1S/C16H14O.CH4/c1-2-11-7-8-13-10-12-5-3-4-6-14(12)16(17)15(13)9-11;/h3-10,17H,2H2,1H3;1H4. The zero-order valence-corrected chi connectivity index (χ0v) is 9.77. The molecule has 0 aromatic heterocycles. The molecule has 18 heavy (non-hydrogen) atoms. The monoisotopic (exact) mass is 238 g/mol. The van der Waals surface area contributed by atoms with E-state index >= 15 is 0 Å². The van der Waals surface area contributed by atoms with Crippen LogP contribution in [0.2, 0.25) is 0 Å². The van der Waals surface area contributed by atoms with Gasteiger partial charge < -0.3 is 5.11 Å². The molecule has 0 fully saturated rings. The van der Waals surface area contributed by atoms with Gasteiger partial charge in [-0.2, -0.15) is 0 Å². The summed E-state index contributed by atoms with van der Waals surface area (Å²) in [4.78, 5) is 0. The minimum absolute atomic E-state index is 0. The highest BCUT2D eigenvalue weighted by atomic mass is 16.3. The van der Waals surface area contributed by atoms with E-state index in [9.17, 15) is 5.11 Å². The lowest BCUT2D eigenvalue weighted by molar-refractivity contribution is 0.488. The van der Waals surface area contributed by atoms with E-state index in [2.05, 4.69) is 31.2 Å². The zero-order chi connectivity index (χ0) is 11.8. The fourth-order valence-electron chi connectivity index (χ4n) is 2.31. The van der Waals surface area contributed by atoms with Crippen LogP contribution in [0, 0.1) is 0 Å². The van der Waals surface area contributed by atoms with E-state index in [-0.39, 0.29) is 7.43 Å². The average Bonchev–Trinajstić information content (AvgIpc) is 2.39. The Morgan fingerprint density at radius 1 is 0.889 bits per heavy atom. The Bertz CT molecular complexity index is 698. The second-order valence-corrected chi connectivity index (χ2v) is 4.36. The van der Waals surface area contributed by atoms with Gasteiger partial charge in [0.1, 0.15) is 5.75 Å². The molecule has 1 heteroatoms. The van der Waals surface area contributed by atoms with E-state index in [1.807, 2.05) is 24.3 Å². The molecule has 0 unspecified atom stereocenters. The van der Waals surface area contributed by atoms with E-state index in [1.165, 1.54) is 5.56 Å². The Morgan fingerprint density at radius 3 is 2.39 bits per heavy atom. The van der Waals surface area contributed by atoms with Crippen LogP contribution in [-0.4, -0.2) is 5.11 Å². The lowest BCUT2D eigenvalue weighted by Crippen LogP contribution is -1.83. The molecule has 3 aromatic carbocycles. The van der Waals surface area contributed by atoms with E-state index in [0.717, 1.165) is 28.0 Å². The molecule has 3 aromatic rings. The van der Waals surface area contributed by atoms with E-state index in [0.29, 0.717) is 5.75 Å². The van der Waals surface area contributed by atoms with Crippen molar-refractivity contribution in [1.82, 2.24) is 0 Å². The van der Waals surface area contributed by atoms with Crippen molar-refractivity contribution in [2.45, 2.75) is 20.8 Å². The van der Waals surface area contributed by atoms with E-state index in [4.69, 9.17) is 0 Å². The Morgan fingerprint density at radius 2 is 1.61 bits per heavy atom. The van der Waals surface area contributed by atoms with Crippen LogP contribution in [0.15, 0.2) is 48.5 Å². The molecular weight excluding hydrogens is 220 g/mol. The summed E-state index contributed by atoms with van der Waals surface area (Å²) in [5, 5.41) is 14.4. The molecule has 0 saturated carbocycles. The Labute approximate surface area is 108 Å². The Balaban J connectivity index is 0.00000120. The number of phenols is 1. The third-order valence-corrected chi connectivity index (χ3v) is 3.31. The van der Waals surface area contributed by atoms with Crippen molar-refractivity contribution in [3.63, 3.8) is 0 Å². The average molecular weight is 238 g/mol. The van der Waals surface area contributed by atoms with Gasteiger partial charge in [0.2, 0.25) is 0 Å². The van der Waals surface area contributed by atoms with Gasteiger partial charge in [-0.1, -0.05) is 50.7 Å². The molecule has 0 radical (unpaired) electrons. The molecule has 0 atom stereocenters. The molecule has 1 N–H and O–H groups in total. The minimum Gasteiger partial charge on any atom is -0.507 e. The highest BCUT2D eigenvalue weighted by molar-refractivity contribution is 6.05. The molecular formula is C17H18O. The summed E-state index contributed by atoms with van der Waals surface area (Å²) in [6, 6.07) is 16.4. The van der Waals surface area contributed by atoms with Gasteiger partial charge in [0.15, 0.2) is 0 Å². The van der Waals surface area contributed by atoms with Crippen LogP contribution < -0.4 is 0 Å². The largest absolute Gasteiger partial charge is 0.507 e. The Hall–Kier alpha value is -2.02. The zero-order valence-electron chi connectivity index (χ0n) is 9.77. The lowest BCUT2D eigenvalue weighted by atomic mass is 10.00. The van der Waals surface area contributed by atoms with Gasteiger partial charge in [0.05, 0.1) is 0 Å². The van der Waals surface area contributed by atoms with Crippen LogP contribution in [0.1, 0.15) is 19.9 Å². The summed E-state index contributed by atoms with van der Waals surface area (Å²) in [6.45, 7) is 2.12. The Kier molecular flexibility index (Phi) is 3.24. The quantitative estimate of drug-likeness (QED) is 0.598. The molecule has 0 heterocycles. The van der Waals surface area contributed by atoms with Crippen molar-refractivity contribution in [1.29, 1.82) is 0 Å². The SMILES string of the molecule is C.CCc1ccc2cc3ccccc3c(O)c2c1. The van der Waals surface area contributed by atoms with Crippen molar-refractivity contribution in [3.8, 4) is 5.75 Å². The van der Waals surface area contributed by atoms with Gasteiger partial charge in [-0.25, -0.2) is 0 Å². The molecule has 0 amide bonds. The summed E-state index contributed by atoms with van der Waals surface area (Å²) in [5.74, 6) is 0.397. The first-order chi connectivity index (χ1) is 8.29. The van der Waals surface area contributed by atoms with Crippen molar-refractivity contribution >= 4 is 21.5 Å². The molecule has 0 aliphatic rings. The highest BCUT2D eigenvalue weighted by Gasteiger charge is 2.06. The molecule has 0 spiro atoms. The first-order valence-corrected chi connectivity index (χ1v) is 5.93. The second-order valence-electron chi connectivity index (χ2n) is 4.36. The van der Waals surface area contributed by atoms with Crippen LogP contribution >= 0.6 is 0 Å². The summed E-state index contributed by atoms with van der Waals surface area (Å²) < 4.78 is 0. The predicted molar refractivity (Wildman–Crippen MR) is 79.2 cm³/mol. The topological polar surface area (TPSA) is 20.2 Å². The summed E-state index contributed by atoms with van der Waals surface area (Å²) >= 11 is 0. The predicted octanol–water partition coefficient (Wildman–Crippen LogP) is 4.90. The maximum absolute atomic E-state index is 10.3. The van der Waals surface area contributed by atoms with E-state index < -0.39 is 0 Å². The summed E-state index contributed by atoms with van der Waals surface area (Å²) in [6.07, 6.45) is 0.988. The number of phenolic OH excluding ortho intramolecular Hbond substituents is 1. The fraction of sp³-hybridized carbons (Fsp3) is 0.176. The molecule has 3 rings (SSSR count). The van der Waals surface area contributed by atoms with Gasteiger partial charge in [-0.05, 0) is 34.9 Å².